The van der Waals surface area contributed by atoms with E-state index in [4.69, 9.17) is 4.74 Å². The van der Waals surface area contributed by atoms with Crippen molar-refractivity contribution in [3.63, 3.8) is 0 Å². The molecule has 2 heterocycles. The molecule has 0 radical (unpaired) electrons. The third kappa shape index (κ3) is 3.11. The third-order valence-electron chi connectivity index (χ3n) is 3.52. The van der Waals surface area contributed by atoms with E-state index in [0.717, 1.165) is 22.3 Å². The lowest BCUT2D eigenvalue weighted by molar-refractivity contribution is 0.0527. The van der Waals surface area contributed by atoms with Crippen molar-refractivity contribution in [2.45, 2.75) is 6.92 Å². The Kier molecular flexibility index (Phi) is 4.43. The summed E-state index contributed by atoms with van der Waals surface area (Å²) >= 11 is 0. The Morgan fingerprint density at radius 1 is 0.913 bits per heavy atom. The Bertz CT molecular complexity index is 802. The van der Waals surface area contributed by atoms with Crippen LogP contribution in [0.15, 0.2) is 67.3 Å². The molecule has 3 aromatic rings. The molecule has 0 amide bonds. The number of nitrogens with zero attached hydrogens (tertiary/aromatic N) is 2. The monoisotopic (exact) mass is 304 g/mol. The van der Waals surface area contributed by atoms with Gasteiger partial charge in [0.15, 0.2) is 0 Å². The number of benzene rings is 1. The largest absolute Gasteiger partial charge is 0.462 e. The number of ether oxygens (including phenoxy) is 1. The summed E-state index contributed by atoms with van der Waals surface area (Å²) in [6.45, 7) is 2.14. The summed E-state index contributed by atoms with van der Waals surface area (Å²) in [5, 5.41) is 0. The van der Waals surface area contributed by atoms with Gasteiger partial charge in [-0.05, 0) is 53.9 Å². The topological polar surface area (TPSA) is 52.1 Å². The molecule has 2 aromatic heterocycles. The van der Waals surface area contributed by atoms with E-state index in [1.165, 1.54) is 0 Å². The Balaban J connectivity index is 2.25. The van der Waals surface area contributed by atoms with Gasteiger partial charge in [0.05, 0.1) is 12.2 Å². The van der Waals surface area contributed by atoms with Gasteiger partial charge in [0.1, 0.15) is 0 Å². The number of pyridine rings is 2. The lowest BCUT2D eigenvalue weighted by Gasteiger charge is -2.14. The molecule has 1 aromatic carbocycles. The standard InChI is InChI=1S/C19H16N2O2/c1-2-23-19(22)17-5-3-4-16(14-6-10-20-11-7-14)18(17)15-8-12-21-13-9-15/h3-13H,2H2,1H3. The second-order valence-corrected chi connectivity index (χ2v) is 4.92. The number of aromatic nitrogens is 2. The Labute approximate surface area is 134 Å². The van der Waals surface area contributed by atoms with E-state index in [0.29, 0.717) is 12.2 Å². The zero-order valence-corrected chi connectivity index (χ0v) is 12.8. The lowest BCUT2D eigenvalue weighted by Crippen LogP contribution is -2.07. The molecular formula is C19H16N2O2. The van der Waals surface area contributed by atoms with Gasteiger partial charge in [0, 0.05) is 30.4 Å². The fraction of sp³-hybridized carbons (Fsp3) is 0.105. The summed E-state index contributed by atoms with van der Waals surface area (Å²) in [4.78, 5) is 20.5. The van der Waals surface area contributed by atoms with Crippen LogP contribution in [0, 0.1) is 0 Å². The van der Waals surface area contributed by atoms with Crippen molar-refractivity contribution in [2.24, 2.45) is 0 Å². The number of carbonyl (C=O) groups excluding carboxylic acids is 1. The van der Waals surface area contributed by atoms with Gasteiger partial charge < -0.3 is 4.74 Å². The third-order valence-corrected chi connectivity index (χ3v) is 3.52. The number of carbonyl (C=O) groups is 1. The number of hydrogen-bond acceptors (Lipinski definition) is 4. The molecule has 0 fully saturated rings. The Hall–Kier alpha value is -3.01. The second-order valence-electron chi connectivity index (χ2n) is 4.92. The number of rotatable bonds is 4. The van der Waals surface area contributed by atoms with Gasteiger partial charge in [-0.1, -0.05) is 12.1 Å². The van der Waals surface area contributed by atoms with Crippen LogP contribution in [0.1, 0.15) is 17.3 Å². The van der Waals surface area contributed by atoms with Crippen LogP contribution in [0.2, 0.25) is 0 Å². The molecule has 4 heteroatoms. The van der Waals surface area contributed by atoms with E-state index < -0.39 is 0 Å². The van der Waals surface area contributed by atoms with Gasteiger partial charge in [-0.15, -0.1) is 0 Å². The fourth-order valence-electron chi connectivity index (χ4n) is 2.53. The molecule has 0 atom stereocenters. The van der Waals surface area contributed by atoms with Crippen LogP contribution < -0.4 is 0 Å². The summed E-state index contributed by atoms with van der Waals surface area (Å²) in [5.74, 6) is -0.324. The first-order chi connectivity index (χ1) is 11.3. The zero-order chi connectivity index (χ0) is 16.1. The smallest absolute Gasteiger partial charge is 0.338 e. The molecule has 0 unspecified atom stereocenters. The van der Waals surface area contributed by atoms with Gasteiger partial charge in [0.25, 0.3) is 0 Å². The molecule has 0 aliphatic rings. The molecule has 0 N–H and O–H groups in total. The predicted molar refractivity (Wildman–Crippen MR) is 88.9 cm³/mol. The van der Waals surface area contributed by atoms with Gasteiger partial charge in [-0.25, -0.2) is 4.79 Å². The highest BCUT2D eigenvalue weighted by Crippen LogP contribution is 2.34. The molecule has 0 bridgehead atoms. The molecule has 23 heavy (non-hydrogen) atoms. The van der Waals surface area contributed by atoms with E-state index in [-0.39, 0.29) is 5.97 Å². The molecule has 0 aliphatic carbocycles. The van der Waals surface area contributed by atoms with Gasteiger partial charge >= 0.3 is 5.97 Å². The minimum absolute atomic E-state index is 0.324. The Morgan fingerprint density at radius 3 is 2.13 bits per heavy atom. The summed E-state index contributed by atoms with van der Waals surface area (Å²) in [6, 6.07) is 13.3. The van der Waals surface area contributed by atoms with Crippen LogP contribution >= 0.6 is 0 Å². The van der Waals surface area contributed by atoms with Crippen molar-refractivity contribution in [3.05, 3.63) is 72.8 Å². The molecular weight excluding hydrogens is 288 g/mol. The summed E-state index contributed by atoms with van der Waals surface area (Å²) in [5.41, 5.74) is 4.28. The maximum absolute atomic E-state index is 12.4. The molecule has 0 spiro atoms. The van der Waals surface area contributed by atoms with E-state index in [9.17, 15) is 4.79 Å². The average Bonchev–Trinajstić information content (AvgIpc) is 2.63. The highest BCUT2D eigenvalue weighted by atomic mass is 16.5. The van der Waals surface area contributed by atoms with Crippen LogP contribution in [0.3, 0.4) is 0 Å². The molecule has 4 nitrogen and oxygen atoms in total. The zero-order valence-electron chi connectivity index (χ0n) is 12.8. The fourth-order valence-corrected chi connectivity index (χ4v) is 2.53. The minimum atomic E-state index is -0.324. The second kappa shape index (κ2) is 6.83. The minimum Gasteiger partial charge on any atom is -0.462 e. The quantitative estimate of drug-likeness (QED) is 0.684. The summed E-state index contributed by atoms with van der Waals surface area (Å²) in [6.07, 6.45) is 6.91. The van der Waals surface area contributed by atoms with Crippen molar-refractivity contribution in [1.29, 1.82) is 0 Å². The van der Waals surface area contributed by atoms with Crippen LogP contribution in [0.25, 0.3) is 22.3 Å². The van der Waals surface area contributed by atoms with Crippen molar-refractivity contribution in [1.82, 2.24) is 9.97 Å². The molecule has 0 saturated carbocycles. The normalized spacial score (nSPS) is 10.3. The predicted octanol–water partition coefficient (Wildman–Crippen LogP) is 3.99. The van der Waals surface area contributed by atoms with Gasteiger partial charge in [0.2, 0.25) is 0 Å². The maximum Gasteiger partial charge on any atom is 0.338 e. The number of hydrogen-bond donors (Lipinski definition) is 0. The van der Waals surface area contributed by atoms with Crippen LogP contribution in [0.5, 0.6) is 0 Å². The van der Waals surface area contributed by atoms with Crippen molar-refractivity contribution in [3.8, 4) is 22.3 Å². The van der Waals surface area contributed by atoms with E-state index in [1.54, 1.807) is 37.8 Å². The van der Waals surface area contributed by atoms with Crippen LogP contribution in [0.4, 0.5) is 0 Å². The first-order valence-corrected chi connectivity index (χ1v) is 7.42. The van der Waals surface area contributed by atoms with Crippen molar-refractivity contribution in [2.75, 3.05) is 6.61 Å². The molecule has 114 valence electrons. The maximum atomic E-state index is 12.4. The SMILES string of the molecule is CCOC(=O)c1cccc(-c2ccncc2)c1-c1ccncc1. The highest BCUT2D eigenvalue weighted by molar-refractivity contribution is 6.02. The van der Waals surface area contributed by atoms with E-state index in [2.05, 4.69) is 9.97 Å². The summed E-state index contributed by atoms with van der Waals surface area (Å²) in [7, 11) is 0. The Morgan fingerprint density at radius 2 is 1.52 bits per heavy atom. The average molecular weight is 304 g/mol. The first kappa shape index (κ1) is 14.9. The molecule has 3 rings (SSSR count). The van der Waals surface area contributed by atoms with Crippen molar-refractivity contribution >= 4 is 5.97 Å². The summed E-state index contributed by atoms with van der Waals surface area (Å²) < 4.78 is 5.21. The number of esters is 1. The first-order valence-electron chi connectivity index (χ1n) is 7.42. The van der Waals surface area contributed by atoms with Crippen LogP contribution in [-0.2, 0) is 4.74 Å². The van der Waals surface area contributed by atoms with E-state index in [1.807, 2.05) is 36.4 Å². The van der Waals surface area contributed by atoms with E-state index >= 15 is 0 Å². The molecule has 0 saturated heterocycles. The molecule has 0 aliphatic heterocycles. The lowest BCUT2D eigenvalue weighted by atomic mass is 9.91. The van der Waals surface area contributed by atoms with Gasteiger partial charge in [-0.3, -0.25) is 9.97 Å². The van der Waals surface area contributed by atoms with Crippen molar-refractivity contribution < 1.29 is 9.53 Å². The van der Waals surface area contributed by atoms with Gasteiger partial charge in [-0.2, -0.15) is 0 Å². The highest BCUT2D eigenvalue weighted by Gasteiger charge is 2.18. The van der Waals surface area contributed by atoms with Crippen LogP contribution in [-0.4, -0.2) is 22.5 Å².